The summed E-state index contributed by atoms with van der Waals surface area (Å²) in [5, 5.41) is 2.98. The zero-order chi connectivity index (χ0) is 29.7. The first-order valence-corrected chi connectivity index (χ1v) is 14.3. The van der Waals surface area contributed by atoms with E-state index < -0.39 is 23.2 Å². The second-order valence-electron chi connectivity index (χ2n) is 11.3. The first kappa shape index (κ1) is 31.0. The smallest absolute Gasteiger partial charge is 0.341 e. The van der Waals surface area contributed by atoms with Gasteiger partial charge >= 0.3 is 6.18 Å². The van der Waals surface area contributed by atoms with Gasteiger partial charge < -0.3 is 20.9 Å². The summed E-state index contributed by atoms with van der Waals surface area (Å²) >= 11 is 6.04. The van der Waals surface area contributed by atoms with Crippen molar-refractivity contribution in [1.82, 2.24) is 15.1 Å². The van der Waals surface area contributed by atoms with Crippen molar-refractivity contribution in [2.75, 3.05) is 40.3 Å². The van der Waals surface area contributed by atoms with Gasteiger partial charge in [-0.25, -0.2) is 0 Å². The summed E-state index contributed by atoms with van der Waals surface area (Å²) in [7, 11) is 4.10. The average molecular weight is 587 g/mol. The number of alkyl halides is 3. The molecule has 220 valence electrons. The molecular weight excluding hydrogens is 549 g/mol. The molecular formula is C32H38ClF3N4O. The van der Waals surface area contributed by atoms with Gasteiger partial charge in [-0.15, -0.1) is 0 Å². The Kier molecular flexibility index (Phi) is 9.80. The van der Waals surface area contributed by atoms with Crippen molar-refractivity contribution in [3.8, 4) is 0 Å². The zero-order valence-electron chi connectivity index (χ0n) is 23.6. The fourth-order valence-electron chi connectivity index (χ4n) is 5.91. The number of nitrogens with one attached hydrogen (secondary N) is 1. The van der Waals surface area contributed by atoms with Crippen LogP contribution >= 0.6 is 11.6 Å². The van der Waals surface area contributed by atoms with E-state index in [1.165, 1.54) is 18.5 Å². The lowest BCUT2D eigenvalue weighted by Gasteiger charge is -2.42. The third-order valence-corrected chi connectivity index (χ3v) is 8.29. The van der Waals surface area contributed by atoms with Gasteiger partial charge in [0.2, 0.25) is 0 Å². The predicted molar refractivity (Wildman–Crippen MR) is 158 cm³/mol. The Morgan fingerprint density at radius 2 is 1.41 bits per heavy atom. The minimum atomic E-state index is -4.54. The number of halogens is 4. The van der Waals surface area contributed by atoms with Crippen molar-refractivity contribution < 1.29 is 18.0 Å². The van der Waals surface area contributed by atoms with E-state index in [1.54, 1.807) is 0 Å². The van der Waals surface area contributed by atoms with Crippen LogP contribution in [0.1, 0.15) is 52.7 Å². The van der Waals surface area contributed by atoms with Gasteiger partial charge in [0.1, 0.15) is 0 Å². The molecule has 41 heavy (non-hydrogen) atoms. The van der Waals surface area contributed by atoms with Crippen molar-refractivity contribution >= 4 is 17.5 Å². The molecule has 0 bridgehead atoms. The van der Waals surface area contributed by atoms with Gasteiger partial charge in [-0.2, -0.15) is 13.2 Å². The summed E-state index contributed by atoms with van der Waals surface area (Å²) in [6, 6.07) is 22.7. The standard InChI is InChI=1S/C20H20ClF3N2O.C12H18N2/c1-26-11-5-10-19(13-26,14-6-3-2-4-7-14)25-18(27)16-12-15(20(22,23)24)8-9-17(16)21;1-14-9-5-8-12(13,10-14)11-6-3-2-4-7-11/h2-4,6-9,12H,5,10-11,13H2,1H3,(H,25,27);2-4,6-7H,5,8-10,13H2,1H3. The lowest BCUT2D eigenvalue weighted by molar-refractivity contribution is -0.137. The number of likely N-dealkylation sites (N-methyl/N-ethyl adjacent to an activating group) is 2. The number of piperidine rings is 2. The lowest BCUT2D eigenvalue weighted by Crippen LogP contribution is -2.55. The van der Waals surface area contributed by atoms with E-state index >= 15 is 0 Å². The minimum Gasteiger partial charge on any atom is -0.341 e. The maximum absolute atomic E-state index is 13.0. The first-order valence-electron chi connectivity index (χ1n) is 13.9. The van der Waals surface area contributed by atoms with Crippen LogP contribution in [0.4, 0.5) is 13.2 Å². The largest absolute Gasteiger partial charge is 0.416 e. The molecule has 1 amide bonds. The molecule has 2 saturated heterocycles. The van der Waals surface area contributed by atoms with E-state index in [4.69, 9.17) is 17.3 Å². The molecule has 3 aromatic carbocycles. The van der Waals surface area contributed by atoms with E-state index in [-0.39, 0.29) is 16.1 Å². The highest BCUT2D eigenvalue weighted by Crippen LogP contribution is 2.34. The molecule has 0 saturated carbocycles. The molecule has 2 aliphatic rings. The van der Waals surface area contributed by atoms with Gasteiger partial charge in [0, 0.05) is 13.1 Å². The second-order valence-corrected chi connectivity index (χ2v) is 11.7. The van der Waals surface area contributed by atoms with Crippen LogP contribution in [-0.2, 0) is 17.3 Å². The van der Waals surface area contributed by atoms with Crippen molar-refractivity contribution in [3.63, 3.8) is 0 Å². The van der Waals surface area contributed by atoms with Gasteiger partial charge in [0.25, 0.3) is 5.91 Å². The molecule has 2 aliphatic heterocycles. The summed E-state index contributed by atoms with van der Waals surface area (Å²) in [4.78, 5) is 17.3. The van der Waals surface area contributed by atoms with Crippen LogP contribution in [0.25, 0.3) is 0 Å². The van der Waals surface area contributed by atoms with E-state index in [1.807, 2.05) is 43.4 Å². The number of hydrogen-bond donors (Lipinski definition) is 2. The van der Waals surface area contributed by atoms with Crippen LogP contribution in [0.2, 0.25) is 5.02 Å². The summed E-state index contributed by atoms with van der Waals surface area (Å²) in [6.07, 6.45) is -0.684. The minimum absolute atomic E-state index is 0.00660. The highest BCUT2D eigenvalue weighted by molar-refractivity contribution is 6.33. The van der Waals surface area contributed by atoms with E-state index in [2.05, 4.69) is 46.4 Å². The summed E-state index contributed by atoms with van der Waals surface area (Å²) in [5.41, 5.74) is 6.75. The number of carbonyl (C=O) groups excluding carboxylic acids is 1. The third kappa shape index (κ3) is 7.68. The highest BCUT2D eigenvalue weighted by atomic mass is 35.5. The zero-order valence-corrected chi connectivity index (χ0v) is 24.3. The van der Waals surface area contributed by atoms with Crippen LogP contribution in [-0.4, -0.2) is 56.0 Å². The van der Waals surface area contributed by atoms with E-state index in [9.17, 15) is 18.0 Å². The molecule has 0 spiro atoms. The number of hydrogen-bond acceptors (Lipinski definition) is 4. The molecule has 9 heteroatoms. The molecule has 3 aromatic rings. The Morgan fingerprint density at radius 1 is 0.854 bits per heavy atom. The fourth-order valence-corrected chi connectivity index (χ4v) is 6.11. The summed E-state index contributed by atoms with van der Waals surface area (Å²) in [6.45, 7) is 3.61. The average Bonchev–Trinajstić information content (AvgIpc) is 2.94. The first-order chi connectivity index (χ1) is 19.4. The maximum atomic E-state index is 13.0. The Bertz CT molecular complexity index is 1310. The van der Waals surface area contributed by atoms with Crippen molar-refractivity contribution in [2.24, 2.45) is 5.73 Å². The SMILES string of the molecule is CN1CCCC(N)(c2ccccc2)C1.CN1CCCC(NC(=O)c2cc(C(F)(F)F)ccc2Cl)(c2ccccc2)C1. The van der Waals surface area contributed by atoms with Crippen LogP contribution in [0.5, 0.6) is 0 Å². The Balaban J connectivity index is 0.000000231. The number of likely N-dealkylation sites (tertiary alicyclic amines) is 2. The highest BCUT2D eigenvalue weighted by Gasteiger charge is 2.39. The van der Waals surface area contributed by atoms with Crippen LogP contribution < -0.4 is 11.1 Å². The number of nitrogens with two attached hydrogens (primary N) is 1. The van der Waals surface area contributed by atoms with Gasteiger partial charge in [-0.3, -0.25) is 4.79 Å². The van der Waals surface area contributed by atoms with E-state index in [0.29, 0.717) is 13.0 Å². The molecule has 5 nitrogen and oxygen atoms in total. The summed E-state index contributed by atoms with van der Waals surface area (Å²) < 4.78 is 39.1. The monoisotopic (exact) mass is 586 g/mol. The Morgan fingerprint density at radius 3 is 1.98 bits per heavy atom. The molecule has 2 fully saturated rings. The van der Waals surface area contributed by atoms with Crippen LogP contribution in [0.3, 0.4) is 0 Å². The summed E-state index contributed by atoms with van der Waals surface area (Å²) in [5.74, 6) is -0.606. The van der Waals surface area contributed by atoms with E-state index in [0.717, 1.165) is 49.7 Å². The van der Waals surface area contributed by atoms with Gasteiger partial charge in [-0.1, -0.05) is 72.3 Å². The number of amides is 1. The molecule has 2 heterocycles. The fraction of sp³-hybridized carbons (Fsp3) is 0.406. The molecule has 2 unspecified atom stereocenters. The number of rotatable bonds is 4. The van der Waals surface area contributed by atoms with Crippen molar-refractivity contribution in [3.05, 3.63) is 106 Å². The van der Waals surface area contributed by atoms with Crippen LogP contribution in [0, 0.1) is 0 Å². The number of carbonyl (C=O) groups is 1. The van der Waals surface area contributed by atoms with Gasteiger partial charge in [0.15, 0.2) is 0 Å². The number of nitrogens with zero attached hydrogens (tertiary/aromatic N) is 2. The topological polar surface area (TPSA) is 61.6 Å². The Labute approximate surface area is 245 Å². The molecule has 0 aromatic heterocycles. The van der Waals surface area contributed by atoms with Crippen LogP contribution in [0.15, 0.2) is 78.9 Å². The third-order valence-electron chi connectivity index (χ3n) is 7.96. The molecule has 2 atom stereocenters. The predicted octanol–water partition coefficient (Wildman–Crippen LogP) is 6.28. The van der Waals surface area contributed by atoms with Gasteiger partial charge in [0.05, 0.1) is 27.2 Å². The quantitative estimate of drug-likeness (QED) is 0.378. The second kappa shape index (κ2) is 12.9. The van der Waals surface area contributed by atoms with Crippen molar-refractivity contribution in [2.45, 2.75) is 42.9 Å². The Hall–Kier alpha value is -2.91. The number of benzene rings is 3. The molecule has 0 aliphatic carbocycles. The van der Waals surface area contributed by atoms with Crippen molar-refractivity contribution in [1.29, 1.82) is 0 Å². The molecule has 3 N–H and O–H groups in total. The lowest BCUT2D eigenvalue weighted by atomic mass is 9.82. The normalized spacial score (nSPS) is 23.8. The molecule has 0 radical (unpaired) electrons. The molecule has 5 rings (SSSR count). The maximum Gasteiger partial charge on any atom is 0.416 e. The van der Waals surface area contributed by atoms with Gasteiger partial charge in [-0.05, 0) is 82.2 Å².